The third kappa shape index (κ3) is 5.30. The van der Waals surface area contributed by atoms with E-state index in [1.807, 2.05) is 25.1 Å². The van der Waals surface area contributed by atoms with E-state index in [4.69, 9.17) is 9.47 Å². The topological polar surface area (TPSA) is 64.6 Å². The minimum atomic E-state index is -0.176. The average molecular weight is 385 g/mol. The Bertz CT molecular complexity index is 782. The van der Waals surface area contributed by atoms with Crippen LogP contribution < -0.4 is 4.74 Å². The summed E-state index contributed by atoms with van der Waals surface area (Å²) in [5, 5.41) is 0.729. The van der Waals surface area contributed by atoms with Crippen molar-refractivity contribution in [1.82, 2.24) is 14.9 Å². The van der Waals surface area contributed by atoms with Gasteiger partial charge in [-0.3, -0.25) is 9.78 Å². The molecule has 7 heteroatoms. The lowest BCUT2D eigenvalue weighted by atomic mass is 10.2. The van der Waals surface area contributed by atoms with E-state index in [0.29, 0.717) is 43.4 Å². The summed E-state index contributed by atoms with van der Waals surface area (Å²) < 4.78 is 11.5. The fourth-order valence-electron chi connectivity index (χ4n) is 2.71. The van der Waals surface area contributed by atoms with Crippen molar-refractivity contribution in [1.29, 1.82) is 0 Å². The lowest BCUT2D eigenvalue weighted by molar-refractivity contribution is -0.0402. The first-order valence-corrected chi connectivity index (χ1v) is 9.81. The summed E-state index contributed by atoms with van der Waals surface area (Å²) in [5.74, 6) is 1.38. The first-order valence-electron chi connectivity index (χ1n) is 8.82. The fraction of sp³-hybridized carbons (Fsp3) is 0.350. The van der Waals surface area contributed by atoms with E-state index < -0.39 is 0 Å². The van der Waals surface area contributed by atoms with Gasteiger partial charge < -0.3 is 14.4 Å². The number of carbonyl (C=O) groups excluding carboxylic acids is 1. The molecule has 2 aromatic rings. The number of aryl methyl sites for hydroxylation is 1. The zero-order chi connectivity index (χ0) is 19.1. The molecule has 3 rings (SSSR count). The molecule has 1 aliphatic rings. The van der Waals surface area contributed by atoms with Gasteiger partial charge in [0.15, 0.2) is 0 Å². The first-order chi connectivity index (χ1) is 13.2. The van der Waals surface area contributed by atoms with E-state index in [0.717, 1.165) is 10.7 Å². The highest BCUT2D eigenvalue weighted by Crippen LogP contribution is 2.22. The molecule has 27 heavy (non-hydrogen) atoms. The zero-order valence-corrected chi connectivity index (χ0v) is 16.2. The molecule has 0 spiro atoms. The van der Waals surface area contributed by atoms with Crippen LogP contribution in [-0.4, -0.2) is 58.9 Å². The molecule has 0 aromatic carbocycles. The lowest BCUT2D eigenvalue weighted by Gasteiger charge is -2.33. The molecule has 2 aromatic heterocycles. The summed E-state index contributed by atoms with van der Waals surface area (Å²) in [7, 11) is 0. The highest BCUT2D eigenvalue weighted by molar-refractivity contribution is 7.99. The number of aromatic nitrogens is 2. The summed E-state index contributed by atoms with van der Waals surface area (Å²) in [6, 6.07) is 7.39. The third-order valence-electron chi connectivity index (χ3n) is 4.09. The van der Waals surface area contributed by atoms with E-state index in [1.165, 1.54) is 11.8 Å². The van der Waals surface area contributed by atoms with Gasteiger partial charge in [-0.2, -0.15) is 0 Å². The van der Waals surface area contributed by atoms with E-state index in [-0.39, 0.29) is 12.0 Å². The minimum Gasteiger partial charge on any atom is -0.489 e. The monoisotopic (exact) mass is 385 g/mol. The number of hydrogen-bond donors (Lipinski definition) is 0. The van der Waals surface area contributed by atoms with Gasteiger partial charge in [-0.05, 0) is 31.2 Å². The summed E-state index contributed by atoms with van der Waals surface area (Å²) in [6.45, 7) is 7.55. The molecule has 0 saturated carbocycles. The molecule has 1 aliphatic heterocycles. The van der Waals surface area contributed by atoms with Crippen LogP contribution in [0, 0.1) is 6.92 Å². The lowest BCUT2D eigenvalue weighted by Crippen LogP contribution is -2.47. The normalized spacial score (nSPS) is 16.8. The van der Waals surface area contributed by atoms with Crippen LogP contribution in [0.25, 0.3) is 0 Å². The Hall–Kier alpha value is -2.38. The maximum atomic E-state index is 13.0. The SMILES string of the molecule is C=CCSc1ncccc1C(=O)N1CCOC(COc2ccc(C)nc2)C1. The Balaban J connectivity index is 1.61. The molecule has 3 heterocycles. The number of amides is 1. The second kappa shape index (κ2) is 9.53. The van der Waals surface area contributed by atoms with Crippen molar-refractivity contribution in [3.8, 4) is 5.75 Å². The fourth-order valence-corrected chi connectivity index (χ4v) is 3.43. The number of hydrogen-bond acceptors (Lipinski definition) is 6. The van der Waals surface area contributed by atoms with E-state index in [1.54, 1.807) is 29.4 Å². The molecule has 1 saturated heterocycles. The van der Waals surface area contributed by atoms with Gasteiger partial charge in [0.05, 0.1) is 24.9 Å². The van der Waals surface area contributed by atoms with Gasteiger partial charge in [-0.25, -0.2) is 4.98 Å². The number of thioether (sulfide) groups is 1. The standard InChI is InChI=1S/C20H23N3O3S/c1-3-11-27-19-18(5-4-8-21-19)20(24)23-9-10-25-17(13-23)14-26-16-7-6-15(2)22-12-16/h3-8,12,17H,1,9-11,13-14H2,2H3. The van der Waals surface area contributed by atoms with Crippen molar-refractivity contribution in [3.05, 3.63) is 60.6 Å². The summed E-state index contributed by atoms with van der Waals surface area (Å²) >= 11 is 1.51. The Kier molecular flexibility index (Phi) is 6.84. The number of pyridine rings is 2. The van der Waals surface area contributed by atoms with Crippen molar-refractivity contribution in [2.24, 2.45) is 0 Å². The summed E-state index contributed by atoms with van der Waals surface area (Å²) in [4.78, 5) is 23.3. The van der Waals surface area contributed by atoms with E-state index >= 15 is 0 Å². The van der Waals surface area contributed by atoms with Crippen LogP contribution in [0.2, 0.25) is 0 Å². The predicted octanol–water partition coefficient (Wildman–Crippen LogP) is 2.98. The summed E-state index contributed by atoms with van der Waals surface area (Å²) in [5.41, 5.74) is 1.56. The van der Waals surface area contributed by atoms with Crippen LogP contribution in [0.15, 0.2) is 54.3 Å². The van der Waals surface area contributed by atoms with Gasteiger partial charge in [0.1, 0.15) is 23.5 Å². The van der Waals surface area contributed by atoms with Crippen molar-refractivity contribution < 1.29 is 14.3 Å². The quantitative estimate of drug-likeness (QED) is 0.539. The van der Waals surface area contributed by atoms with E-state index in [9.17, 15) is 4.79 Å². The Morgan fingerprint density at radius 3 is 3.11 bits per heavy atom. The first kappa shape index (κ1) is 19.4. The molecule has 142 valence electrons. The van der Waals surface area contributed by atoms with Crippen molar-refractivity contribution in [2.75, 3.05) is 32.1 Å². The predicted molar refractivity (Wildman–Crippen MR) is 105 cm³/mol. The number of rotatable bonds is 7. The molecular weight excluding hydrogens is 362 g/mol. The molecule has 1 fully saturated rings. The molecule has 1 atom stereocenters. The molecule has 0 radical (unpaired) electrons. The molecule has 0 aliphatic carbocycles. The largest absolute Gasteiger partial charge is 0.489 e. The maximum Gasteiger partial charge on any atom is 0.256 e. The number of ether oxygens (including phenoxy) is 2. The number of morpholine rings is 1. The molecule has 1 amide bonds. The van der Waals surface area contributed by atoms with Crippen molar-refractivity contribution in [2.45, 2.75) is 18.1 Å². The van der Waals surface area contributed by atoms with Gasteiger partial charge in [-0.15, -0.1) is 18.3 Å². The number of carbonyl (C=O) groups is 1. The molecule has 0 N–H and O–H groups in total. The molecule has 1 unspecified atom stereocenters. The smallest absolute Gasteiger partial charge is 0.256 e. The molecule has 6 nitrogen and oxygen atoms in total. The van der Waals surface area contributed by atoms with Crippen LogP contribution >= 0.6 is 11.8 Å². The van der Waals surface area contributed by atoms with Crippen LogP contribution in [0.3, 0.4) is 0 Å². The Labute approximate surface area is 163 Å². The van der Waals surface area contributed by atoms with Gasteiger partial charge in [0.2, 0.25) is 0 Å². The Morgan fingerprint density at radius 1 is 1.44 bits per heavy atom. The molecule has 0 bridgehead atoms. The third-order valence-corrected chi connectivity index (χ3v) is 5.09. The van der Waals surface area contributed by atoms with Crippen LogP contribution in [0.5, 0.6) is 5.75 Å². The van der Waals surface area contributed by atoms with Crippen molar-refractivity contribution >= 4 is 17.7 Å². The zero-order valence-electron chi connectivity index (χ0n) is 15.3. The van der Waals surface area contributed by atoms with Gasteiger partial charge in [0, 0.05) is 24.2 Å². The minimum absolute atomic E-state index is 0.0278. The highest BCUT2D eigenvalue weighted by atomic mass is 32.2. The number of nitrogens with zero attached hydrogens (tertiary/aromatic N) is 3. The maximum absolute atomic E-state index is 13.0. The summed E-state index contributed by atoms with van der Waals surface area (Å²) in [6.07, 6.45) is 5.02. The van der Waals surface area contributed by atoms with Gasteiger partial charge in [-0.1, -0.05) is 6.08 Å². The van der Waals surface area contributed by atoms with Gasteiger partial charge >= 0.3 is 0 Å². The second-order valence-electron chi connectivity index (χ2n) is 6.15. The highest BCUT2D eigenvalue weighted by Gasteiger charge is 2.27. The molecular formula is C20H23N3O3S. The average Bonchev–Trinajstić information content (AvgIpc) is 2.72. The van der Waals surface area contributed by atoms with Crippen LogP contribution in [0.1, 0.15) is 16.1 Å². The van der Waals surface area contributed by atoms with E-state index in [2.05, 4.69) is 16.5 Å². The van der Waals surface area contributed by atoms with Crippen LogP contribution in [-0.2, 0) is 4.74 Å². The Morgan fingerprint density at radius 2 is 2.33 bits per heavy atom. The van der Waals surface area contributed by atoms with Crippen LogP contribution in [0.4, 0.5) is 0 Å². The van der Waals surface area contributed by atoms with Gasteiger partial charge in [0.25, 0.3) is 5.91 Å². The second-order valence-corrected chi connectivity index (χ2v) is 7.15. The van der Waals surface area contributed by atoms with Crippen molar-refractivity contribution in [3.63, 3.8) is 0 Å².